The number of para-hydroxylation sites is 2. The normalized spacial score (nSPS) is 16.3. The molecular formula is C22H23N5O2S. The molecule has 30 heavy (non-hydrogen) atoms. The van der Waals surface area contributed by atoms with Crippen molar-refractivity contribution in [1.29, 1.82) is 5.26 Å². The van der Waals surface area contributed by atoms with Crippen LogP contribution in [0.5, 0.6) is 0 Å². The van der Waals surface area contributed by atoms with Gasteiger partial charge in [0.15, 0.2) is 11.1 Å². The molecule has 4 rings (SSSR count). The lowest BCUT2D eigenvalue weighted by Crippen LogP contribution is -2.47. The van der Waals surface area contributed by atoms with Gasteiger partial charge in [0.1, 0.15) is 5.69 Å². The number of likely N-dealkylation sites (N-methyl/N-ethyl adjacent to an activating group) is 1. The minimum Gasteiger partial charge on any atom is -0.352 e. The molecule has 0 amide bonds. The van der Waals surface area contributed by atoms with Gasteiger partial charge in [0.2, 0.25) is 9.84 Å². The lowest BCUT2D eigenvalue weighted by atomic mass is 10.2. The van der Waals surface area contributed by atoms with Crippen molar-refractivity contribution in [2.75, 3.05) is 37.6 Å². The molecular weight excluding hydrogens is 398 g/mol. The highest BCUT2D eigenvalue weighted by Crippen LogP contribution is 2.34. The average molecular weight is 422 g/mol. The van der Waals surface area contributed by atoms with E-state index in [1.165, 1.54) is 12.1 Å². The maximum absolute atomic E-state index is 13.3. The molecule has 2 aromatic carbocycles. The Hall–Kier alpha value is -3.02. The first-order valence-corrected chi connectivity index (χ1v) is 11.5. The van der Waals surface area contributed by atoms with Crippen molar-refractivity contribution in [2.24, 2.45) is 0 Å². The molecule has 1 aromatic heterocycles. The largest absolute Gasteiger partial charge is 0.352 e. The number of nitrogens with zero attached hydrogens (tertiary/aromatic N) is 5. The summed E-state index contributed by atoms with van der Waals surface area (Å²) in [4.78, 5) is 13.9. The van der Waals surface area contributed by atoms with Gasteiger partial charge in [-0.3, -0.25) is 0 Å². The predicted octanol–water partition coefficient (Wildman–Crippen LogP) is 2.81. The zero-order valence-electron chi connectivity index (χ0n) is 16.8. The molecule has 0 saturated carbocycles. The zero-order chi connectivity index (χ0) is 21.1. The highest BCUT2D eigenvalue weighted by molar-refractivity contribution is 7.92. The van der Waals surface area contributed by atoms with Crippen LogP contribution in [0.1, 0.15) is 17.9 Å². The van der Waals surface area contributed by atoms with Gasteiger partial charge in [-0.2, -0.15) is 5.26 Å². The summed E-state index contributed by atoms with van der Waals surface area (Å²) in [7, 11) is -3.95. The van der Waals surface area contributed by atoms with Crippen LogP contribution >= 0.6 is 0 Å². The third-order valence-corrected chi connectivity index (χ3v) is 7.32. The van der Waals surface area contributed by atoms with Crippen LogP contribution in [0, 0.1) is 11.3 Å². The van der Waals surface area contributed by atoms with Gasteiger partial charge < -0.3 is 9.80 Å². The first-order valence-electron chi connectivity index (χ1n) is 9.97. The molecule has 2 heterocycles. The monoisotopic (exact) mass is 421 g/mol. The molecule has 1 atom stereocenters. The predicted molar refractivity (Wildman–Crippen MR) is 116 cm³/mol. The van der Waals surface area contributed by atoms with Crippen LogP contribution < -0.4 is 4.90 Å². The molecule has 1 aliphatic heterocycles. The fraction of sp³-hybridized carbons (Fsp3) is 0.318. The zero-order valence-corrected chi connectivity index (χ0v) is 17.6. The molecule has 0 radical (unpaired) electrons. The van der Waals surface area contributed by atoms with E-state index < -0.39 is 15.1 Å². The Bertz CT molecular complexity index is 1180. The summed E-state index contributed by atoms with van der Waals surface area (Å²) in [5, 5.41) is 8.49. The van der Waals surface area contributed by atoms with Crippen LogP contribution in [0.4, 0.5) is 5.82 Å². The van der Waals surface area contributed by atoms with Crippen molar-refractivity contribution < 1.29 is 8.42 Å². The summed E-state index contributed by atoms with van der Waals surface area (Å²) in [5.41, 5.74) is 1.46. The van der Waals surface area contributed by atoms with Crippen molar-refractivity contribution in [2.45, 2.75) is 17.1 Å². The third-order valence-electron chi connectivity index (χ3n) is 5.44. The molecule has 0 bridgehead atoms. The summed E-state index contributed by atoms with van der Waals surface area (Å²) in [5.74, 6) is 0.482. The quantitative estimate of drug-likeness (QED) is 0.626. The van der Waals surface area contributed by atoms with E-state index in [-0.39, 0.29) is 10.6 Å². The van der Waals surface area contributed by atoms with E-state index in [0.717, 1.165) is 19.6 Å². The minimum atomic E-state index is -3.95. The lowest BCUT2D eigenvalue weighted by molar-refractivity contribution is 0.270. The third kappa shape index (κ3) is 3.74. The van der Waals surface area contributed by atoms with Crippen LogP contribution in [-0.2, 0) is 9.84 Å². The lowest BCUT2D eigenvalue weighted by Gasteiger charge is -2.35. The first kappa shape index (κ1) is 20.3. The van der Waals surface area contributed by atoms with Gasteiger partial charge in [0, 0.05) is 26.2 Å². The van der Waals surface area contributed by atoms with E-state index in [9.17, 15) is 13.7 Å². The Morgan fingerprint density at radius 3 is 2.17 bits per heavy atom. The second-order valence-corrected chi connectivity index (χ2v) is 9.24. The van der Waals surface area contributed by atoms with Crippen LogP contribution in [0.15, 0.2) is 59.5 Å². The van der Waals surface area contributed by atoms with Crippen LogP contribution in [0.3, 0.4) is 0 Å². The SMILES string of the molecule is CCN1CCN(c2nc3ccccc3nc2C(C#N)S(=O)(=O)c2ccccc2)CC1. The van der Waals surface area contributed by atoms with E-state index >= 15 is 0 Å². The van der Waals surface area contributed by atoms with E-state index in [1.54, 1.807) is 24.3 Å². The smallest absolute Gasteiger partial charge is 0.200 e. The van der Waals surface area contributed by atoms with Crippen molar-refractivity contribution in [1.82, 2.24) is 14.9 Å². The summed E-state index contributed by atoms with van der Waals surface area (Å²) in [6.45, 7) is 6.21. The summed E-state index contributed by atoms with van der Waals surface area (Å²) >= 11 is 0. The Morgan fingerprint density at radius 1 is 0.967 bits per heavy atom. The van der Waals surface area contributed by atoms with Crippen LogP contribution in [0.25, 0.3) is 11.0 Å². The molecule has 7 nitrogen and oxygen atoms in total. The van der Waals surface area contributed by atoms with Crippen molar-refractivity contribution in [3.8, 4) is 6.07 Å². The van der Waals surface area contributed by atoms with E-state index in [0.29, 0.717) is 29.9 Å². The molecule has 0 aliphatic carbocycles. The molecule has 154 valence electrons. The van der Waals surface area contributed by atoms with Gasteiger partial charge >= 0.3 is 0 Å². The van der Waals surface area contributed by atoms with Crippen molar-refractivity contribution in [3.05, 3.63) is 60.3 Å². The minimum absolute atomic E-state index is 0.105. The number of nitriles is 1. The summed E-state index contributed by atoms with van der Waals surface area (Å²) in [6.07, 6.45) is 0. The molecule has 1 fully saturated rings. The fourth-order valence-electron chi connectivity index (χ4n) is 3.71. The van der Waals surface area contributed by atoms with Gasteiger partial charge in [0.25, 0.3) is 0 Å². The van der Waals surface area contributed by atoms with Gasteiger partial charge in [-0.05, 0) is 30.8 Å². The molecule has 0 spiro atoms. The highest BCUT2D eigenvalue weighted by atomic mass is 32.2. The highest BCUT2D eigenvalue weighted by Gasteiger charge is 2.35. The topological polar surface area (TPSA) is 90.2 Å². The molecule has 8 heteroatoms. The van der Waals surface area contributed by atoms with E-state index in [2.05, 4.69) is 16.8 Å². The standard InChI is InChI=1S/C22H23N5O2S/c1-2-26-12-14-27(15-13-26)22-21(24-18-10-6-7-11-19(18)25-22)20(16-23)30(28,29)17-8-4-3-5-9-17/h3-11,20H,2,12-15H2,1H3. The average Bonchev–Trinajstić information content (AvgIpc) is 2.79. The first-order chi connectivity index (χ1) is 14.5. The van der Waals surface area contributed by atoms with Gasteiger partial charge in [-0.25, -0.2) is 18.4 Å². The molecule has 1 saturated heterocycles. The number of aromatic nitrogens is 2. The van der Waals surface area contributed by atoms with Crippen LogP contribution in [-0.4, -0.2) is 56.0 Å². The molecule has 1 aliphatic rings. The number of anilines is 1. The Morgan fingerprint density at radius 2 is 1.57 bits per heavy atom. The summed E-state index contributed by atoms with van der Waals surface area (Å²) < 4.78 is 26.6. The van der Waals surface area contributed by atoms with Gasteiger partial charge in [-0.1, -0.05) is 37.3 Å². The summed E-state index contributed by atoms with van der Waals surface area (Å²) in [6, 6.07) is 17.4. The van der Waals surface area contributed by atoms with Gasteiger partial charge in [0.05, 0.1) is 22.0 Å². The van der Waals surface area contributed by atoms with E-state index in [1.807, 2.05) is 29.2 Å². The Kier molecular flexibility index (Phi) is 5.66. The molecule has 0 N–H and O–H groups in total. The fourth-order valence-corrected chi connectivity index (χ4v) is 5.11. The Balaban J connectivity index is 1.85. The van der Waals surface area contributed by atoms with Gasteiger partial charge in [-0.15, -0.1) is 0 Å². The molecule has 1 unspecified atom stereocenters. The maximum Gasteiger partial charge on any atom is 0.200 e. The number of benzene rings is 2. The second-order valence-electron chi connectivity index (χ2n) is 7.21. The number of rotatable bonds is 5. The maximum atomic E-state index is 13.3. The number of fused-ring (bicyclic) bond motifs is 1. The molecule has 3 aromatic rings. The van der Waals surface area contributed by atoms with E-state index in [4.69, 9.17) is 4.98 Å². The Labute approximate surface area is 176 Å². The number of hydrogen-bond acceptors (Lipinski definition) is 7. The van der Waals surface area contributed by atoms with Crippen molar-refractivity contribution >= 4 is 26.7 Å². The van der Waals surface area contributed by atoms with Crippen LogP contribution in [0.2, 0.25) is 0 Å². The number of hydrogen-bond donors (Lipinski definition) is 0. The number of piperazine rings is 1. The van der Waals surface area contributed by atoms with Crippen molar-refractivity contribution in [3.63, 3.8) is 0 Å². The number of sulfone groups is 1. The second kappa shape index (κ2) is 8.38.